The van der Waals surface area contributed by atoms with Crippen molar-refractivity contribution in [2.45, 2.75) is 38.3 Å². The first-order valence-electron chi connectivity index (χ1n) is 7.72. The van der Waals surface area contributed by atoms with E-state index >= 15 is 0 Å². The number of ether oxygens (including phenoxy) is 1. The molecule has 2 aliphatic rings. The summed E-state index contributed by atoms with van der Waals surface area (Å²) in [5, 5.41) is 8.99. The molecule has 0 radical (unpaired) electrons. The molecule has 1 aromatic rings. The lowest BCUT2D eigenvalue weighted by Gasteiger charge is -2.29. The highest BCUT2D eigenvalue weighted by Crippen LogP contribution is 2.25. The Kier molecular flexibility index (Phi) is 4.40. The van der Waals surface area contributed by atoms with Crippen LogP contribution in [0, 0.1) is 0 Å². The molecule has 0 aliphatic carbocycles. The largest absolute Gasteiger partial charge is 0.375 e. The molecular formula is C16H21N3O3. The molecule has 0 spiro atoms. The highest BCUT2D eigenvalue weighted by atomic mass is 16.5. The van der Waals surface area contributed by atoms with E-state index in [1.165, 1.54) is 0 Å². The Hall–Kier alpha value is -1.92. The molecule has 0 aromatic heterocycles. The molecule has 3 rings (SSSR count). The maximum Gasteiger partial charge on any atom is 0.244 e. The summed E-state index contributed by atoms with van der Waals surface area (Å²) in [6.07, 6.45) is 2.05. The zero-order chi connectivity index (χ0) is 15.5. The molecular weight excluding hydrogens is 282 g/mol. The molecule has 2 amide bonds. The Morgan fingerprint density at radius 2 is 2.23 bits per heavy atom. The molecule has 22 heavy (non-hydrogen) atoms. The summed E-state index contributed by atoms with van der Waals surface area (Å²) < 4.78 is 5.50. The van der Waals surface area contributed by atoms with Crippen LogP contribution >= 0.6 is 0 Å². The van der Waals surface area contributed by atoms with E-state index in [-0.39, 0.29) is 24.0 Å². The average Bonchev–Trinajstić information content (AvgIpc) is 2.68. The van der Waals surface area contributed by atoms with Crippen molar-refractivity contribution in [2.24, 2.45) is 0 Å². The van der Waals surface area contributed by atoms with Gasteiger partial charge < -0.3 is 20.7 Å². The van der Waals surface area contributed by atoms with E-state index < -0.39 is 0 Å². The highest BCUT2D eigenvalue weighted by Gasteiger charge is 2.28. The number of benzene rings is 1. The van der Waals surface area contributed by atoms with Crippen LogP contribution in [0.4, 0.5) is 11.4 Å². The minimum absolute atomic E-state index is 0.0490. The number of hydrogen-bond donors (Lipinski definition) is 3. The van der Waals surface area contributed by atoms with Gasteiger partial charge in [-0.05, 0) is 43.5 Å². The van der Waals surface area contributed by atoms with Crippen molar-refractivity contribution in [1.82, 2.24) is 5.32 Å². The predicted molar refractivity (Wildman–Crippen MR) is 83.8 cm³/mol. The summed E-state index contributed by atoms with van der Waals surface area (Å²) in [6.45, 7) is 3.20. The Balaban J connectivity index is 1.71. The minimum Gasteiger partial charge on any atom is -0.375 e. The number of aryl methyl sites for hydroxylation is 1. The normalized spacial score (nSPS) is 24.9. The van der Waals surface area contributed by atoms with E-state index in [4.69, 9.17) is 4.74 Å². The molecule has 2 heterocycles. The van der Waals surface area contributed by atoms with Crippen LogP contribution in [-0.2, 0) is 20.7 Å². The van der Waals surface area contributed by atoms with Crippen LogP contribution in [0.5, 0.6) is 0 Å². The van der Waals surface area contributed by atoms with Crippen LogP contribution in [0.15, 0.2) is 18.2 Å². The van der Waals surface area contributed by atoms with Crippen LogP contribution in [0.2, 0.25) is 0 Å². The van der Waals surface area contributed by atoms with Crippen LogP contribution in [0.3, 0.4) is 0 Å². The van der Waals surface area contributed by atoms with Gasteiger partial charge >= 0.3 is 0 Å². The molecule has 0 bridgehead atoms. The maximum absolute atomic E-state index is 12.3. The quantitative estimate of drug-likeness (QED) is 0.769. The van der Waals surface area contributed by atoms with Gasteiger partial charge in [-0.25, -0.2) is 0 Å². The van der Waals surface area contributed by atoms with Gasteiger partial charge in [-0.2, -0.15) is 0 Å². The molecule has 3 N–H and O–H groups in total. The fraction of sp³-hybridized carbons (Fsp3) is 0.500. The van der Waals surface area contributed by atoms with Crippen molar-refractivity contribution >= 4 is 23.2 Å². The lowest BCUT2D eigenvalue weighted by molar-refractivity contribution is -0.123. The molecule has 1 saturated heterocycles. The molecule has 6 nitrogen and oxygen atoms in total. The Morgan fingerprint density at radius 3 is 3.05 bits per heavy atom. The van der Waals surface area contributed by atoms with Gasteiger partial charge in [-0.1, -0.05) is 0 Å². The minimum atomic E-state index is -0.340. The average molecular weight is 303 g/mol. The maximum atomic E-state index is 12.3. The topological polar surface area (TPSA) is 79.5 Å². The second-order valence-corrected chi connectivity index (χ2v) is 5.77. The first-order valence-corrected chi connectivity index (χ1v) is 7.72. The summed E-state index contributed by atoms with van der Waals surface area (Å²) in [5.74, 6) is -0.0438. The number of nitrogens with one attached hydrogen (secondary N) is 3. The van der Waals surface area contributed by atoms with Crippen molar-refractivity contribution in [3.63, 3.8) is 0 Å². The molecule has 118 valence electrons. The van der Waals surface area contributed by atoms with E-state index in [9.17, 15) is 9.59 Å². The molecule has 2 atom stereocenters. The summed E-state index contributed by atoms with van der Waals surface area (Å²) in [4.78, 5) is 23.9. The number of anilines is 2. The first kappa shape index (κ1) is 15.0. The number of carbonyl (C=O) groups is 2. The fourth-order valence-electron chi connectivity index (χ4n) is 2.90. The van der Waals surface area contributed by atoms with Crippen LogP contribution in [0.25, 0.3) is 0 Å². The zero-order valence-electron chi connectivity index (χ0n) is 12.6. The second-order valence-electron chi connectivity index (χ2n) is 5.77. The smallest absolute Gasteiger partial charge is 0.244 e. The third-order valence-electron chi connectivity index (χ3n) is 4.10. The number of hydrogen-bond acceptors (Lipinski definition) is 4. The van der Waals surface area contributed by atoms with E-state index in [1.807, 2.05) is 25.1 Å². The summed E-state index contributed by atoms with van der Waals surface area (Å²) in [5.41, 5.74) is 2.65. The number of rotatable bonds is 2. The Morgan fingerprint density at radius 1 is 1.36 bits per heavy atom. The van der Waals surface area contributed by atoms with Gasteiger partial charge in [0.25, 0.3) is 0 Å². The van der Waals surface area contributed by atoms with Crippen LogP contribution < -0.4 is 16.0 Å². The summed E-state index contributed by atoms with van der Waals surface area (Å²) in [7, 11) is 0. The van der Waals surface area contributed by atoms with Crippen LogP contribution in [0.1, 0.15) is 25.3 Å². The number of carbonyl (C=O) groups excluding carboxylic acids is 2. The number of fused-ring (bicyclic) bond motifs is 1. The predicted octanol–water partition coefficient (Wildman–Crippen LogP) is 1.28. The van der Waals surface area contributed by atoms with E-state index in [0.29, 0.717) is 19.6 Å². The zero-order valence-corrected chi connectivity index (χ0v) is 12.6. The van der Waals surface area contributed by atoms with Crippen molar-refractivity contribution in [2.75, 3.05) is 23.8 Å². The van der Waals surface area contributed by atoms with E-state index in [1.54, 1.807) is 0 Å². The van der Waals surface area contributed by atoms with Gasteiger partial charge in [-0.3, -0.25) is 9.59 Å². The first-order chi connectivity index (χ1) is 10.6. The SMILES string of the molecule is C[C@H]1OCCN[C@@H]1C(=O)Nc1ccc2c(c1)CCCC(=O)N2. The van der Waals surface area contributed by atoms with Gasteiger partial charge in [0, 0.05) is 24.3 Å². The molecule has 1 aromatic carbocycles. The van der Waals surface area contributed by atoms with Gasteiger partial charge in [0.1, 0.15) is 6.04 Å². The van der Waals surface area contributed by atoms with E-state index in [2.05, 4.69) is 16.0 Å². The fourth-order valence-corrected chi connectivity index (χ4v) is 2.90. The molecule has 0 saturated carbocycles. The molecule has 6 heteroatoms. The van der Waals surface area contributed by atoms with Crippen molar-refractivity contribution in [3.05, 3.63) is 23.8 Å². The van der Waals surface area contributed by atoms with Crippen molar-refractivity contribution in [1.29, 1.82) is 0 Å². The van der Waals surface area contributed by atoms with Crippen molar-refractivity contribution in [3.8, 4) is 0 Å². The Labute approximate surface area is 129 Å². The standard InChI is InChI=1S/C16H21N3O3/c1-10-15(17-7-8-22-10)16(21)18-12-5-6-13-11(9-12)3-2-4-14(20)19-13/h5-6,9-10,15,17H,2-4,7-8H2,1H3,(H,18,21)(H,19,20)/t10-,15+/m1/s1. The van der Waals surface area contributed by atoms with Crippen molar-refractivity contribution < 1.29 is 14.3 Å². The van der Waals surface area contributed by atoms with Gasteiger partial charge in [-0.15, -0.1) is 0 Å². The monoisotopic (exact) mass is 303 g/mol. The highest BCUT2D eigenvalue weighted by molar-refractivity contribution is 5.96. The molecule has 2 aliphatic heterocycles. The molecule has 1 fully saturated rings. The number of morpholine rings is 1. The third kappa shape index (κ3) is 3.28. The van der Waals surface area contributed by atoms with Gasteiger partial charge in [0.2, 0.25) is 11.8 Å². The summed E-state index contributed by atoms with van der Waals surface area (Å²) in [6, 6.07) is 5.26. The second kappa shape index (κ2) is 6.46. The summed E-state index contributed by atoms with van der Waals surface area (Å²) >= 11 is 0. The Bertz CT molecular complexity index is 588. The number of amides is 2. The molecule has 0 unspecified atom stereocenters. The van der Waals surface area contributed by atoms with Gasteiger partial charge in [0.15, 0.2) is 0 Å². The van der Waals surface area contributed by atoms with Crippen LogP contribution in [-0.4, -0.2) is 37.1 Å². The van der Waals surface area contributed by atoms with E-state index in [0.717, 1.165) is 29.8 Å². The lowest BCUT2D eigenvalue weighted by atomic mass is 10.1. The lowest BCUT2D eigenvalue weighted by Crippen LogP contribution is -2.53. The van der Waals surface area contributed by atoms with Gasteiger partial charge in [0.05, 0.1) is 12.7 Å². The third-order valence-corrected chi connectivity index (χ3v) is 4.10.